The van der Waals surface area contributed by atoms with Crippen LogP contribution in [0.15, 0.2) is 35.1 Å². The van der Waals surface area contributed by atoms with Crippen LogP contribution in [-0.2, 0) is 0 Å². The van der Waals surface area contributed by atoms with E-state index in [-0.39, 0.29) is 0 Å². The van der Waals surface area contributed by atoms with Crippen molar-refractivity contribution in [3.8, 4) is 0 Å². The molecule has 1 heterocycles. The highest BCUT2D eigenvalue weighted by Gasteiger charge is 2.03. The number of benzene rings is 1. The molecule has 0 atom stereocenters. The van der Waals surface area contributed by atoms with Crippen molar-refractivity contribution < 1.29 is 0 Å². The molecule has 3 nitrogen and oxygen atoms in total. The summed E-state index contributed by atoms with van der Waals surface area (Å²) in [6.45, 7) is 0. The van der Waals surface area contributed by atoms with Gasteiger partial charge in [-0.1, -0.05) is 23.2 Å². The highest BCUT2D eigenvalue weighted by Crippen LogP contribution is 2.27. The largest absolute Gasteiger partial charge is 0.323 e. The van der Waals surface area contributed by atoms with Crippen molar-refractivity contribution in [2.75, 3.05) is 5.32 Å². The van der Waals surface area contributed by atoms with Crippen molar-refractivity contribution in [1.29, 1.82) is 0 Å². The second kappa shape index (κ2) is 4.99. The third-order valence-electron chi connectivity index (χ3n) is 1.80. The van der Waals surface area contributed by atoms with Crippen LogP contribution in [-0.4, -0.2) is 9.97 Å². The molecule has 0 aliphatic heterocycles. The minimum atomic E-state index is 0.479. The fraction of sp³-hybridized carbons (Fsp3) is 0. The van der Waals surface area contributed by atoms with Gasteiger partial charge in [-0.2, -0.15) is 0 Å². The first kappa shape index (κ1) is 11.6. The fourth-order valence-corrected chi connectivity index (χ4v) is 1.75. The first-order valence-corrected chi connectivity index (χ1v) is 5.89. The van der Waals surface area contributed by atoms with Gasteiger partial charge in [0.1, 0.15) is 0 Å². The predicted molar refractivity (Wildman–Crippen MR) is 69.5 cm³/mol. The quantitative estimate of drug-likeness (QED) is 0.897. The number of anilines is 2. The molecule has 0 radical (unpaired) electrons. The highest BCUT2D eigenvalue weighted by atomic mass is 79.9. The molecule has 0 saturated carbocycles. The molecule has 0 amide bonds. The van der Waals surface area contributed by atoms with Gasteiger partial charge >= 0.3 is 0 Å². The van der Waals surface area contributed by atoms with E-state index in [0.29, 0.717) is 21.7 Å². The SMILES string of the molecule is Clc1ccc(Nc2ncc(Br)cn2)c(Cl)c1. The lowest BCUT2D eigenvalue weighted by molar-refractivity contribution is 1.15. The molecule has 0 aliphatic carbocycles. The van der Waals surface area contributed by atoms with E-state index in [9.17, 15) is 0 Å². The summed E-state index contributed by atoms with van der Waals surface area (Å²) in [5, 5.41) is 4.11. The Hall–Kier alpha value is -0.840. The Morgan fingerprint density at radius 3 is 2.44 bits per heavy atom. The van der Waals surface area contributed by atoms with Crippen LogP contribution in [0.5, 0.6) is 0 Å². The van der Waals surface area contributed by atoms with Gasteiger partial charge in [-0.05, 0) is 34.1 Å². The molecule has 6 heteroatoms. The smallest absolute Gasteiger partial charge is 0.227 e. The number of rotatable bonds is 2. The zero-order valence-corrected chi connectivity index (χ0v) is 11.0. The molecular weight excluding hydrogens is 313 g/mol. The van der Waals surface area contributed by atoms with E-state index in [1.54, 1.807) is 30.6 Å². The van der Waals surface area contributed by atoms with Gasteiger partial charge in [0.25, 0.3) is 0 Å². The maximum atomic E-state index is 6.00. The Labute approximate surface area is 111 Å². The average molecular weight is 319 g/mol. The number of hydrogen-bond acceptors (Lipinski definition) is 3. The molecule has 0 bridgehead atoms. The Bertz CT molecular complexity index is 502. The third-order valence-corrected chi connectivity index (χ3v) is 2.76. The van der Waals surface area contributed by atoms with Crippen LogP contribution in [0.2, 0.25) is 10.0 Å². The molecule has 0 saturated heterocycles. The second-order valence-corrected chi connectivity index (χ2v) is 4.73. The summed E-state index contributed by atoms with van der Waals surface area (Å²) in [5.74, 6) is 0.479. The maximum absolute atomic E-state index is 6.00. The summed E-state index contributed by atoms with van der Waals surface area (Å²) in [7, 11) is 0. The van der Waals surface area contributed by atoms with Gasteiger partial charge in [0.2, 0.25) is 5.95 Å². The molecular formula is C10H6BrCl2N3. The van der Waals surface area contributed by atoms with Crippen LogP contribution in [0.3, 0.4) is 0 Å². The molecule has 1 aromatic heterocycles. The minimum Gasteiger partial charge on any atom is -0.323 e. The first-order valence-electron chi connectivity index (χ1n) is 4.35. The van der Waals surface area contributed by atoms with Crippen LogP contribution in [0.25, 0.3) is 0 Å². The predicted octanol–water partition coefficient (Wildman–Crippen LogP) is 4.29. The minimum absolute atomic E-state index is 0.479. The monoisotopic (exact) mass is 317 g/mol. The van der Waals surface area contributed by atoms with E-state index < -0.39 is 0 Å². The van der Waals surface area contributed by atoms with Gasteiger partial charge in [-0.3, -0.25) is 0 Å². The number of nitrogens with zero attached hydrogens (tertiary/aromatic N) is 2. The van der Waals surface area contributed by atoms with Crippen LogP contribution in [0, 0.1) is 0 Å². The lowest BCUT2D eigenvalue weighted by Gasteiger charge is -2.06. The molecule has 2 aromatic rings. The first-order chi connectivity index (χ1) is 7.65. The molecule has 0 fully saturated rings. The van der Waals surface area contributed by atoms with Gasteiger partial charge in [0.05, 0.1) is 15.2 Å². The summed E-state index contributed by atoms with van der Waals surface area (Å²) in [6, 6.07) is 5.18. The van der Waals surface area contributed by atoms with E-state index in [2.05, 4.69) is 31.2 Å². The molecule has 2 rings (SSSR count). The van der Waals surface area contributed by atoms with Crippen molar-refractivity contribution in [3.63, 3.8) is 0 Å². The van der Waals surface area contributed by atoms with Gasteiger partial charge in [0, 0.05) is 17.4 Å². The van der Waals surface area contributed by atoms with E-state index >= 15 is 0 Å². The van der Waals surface area contributed by atoms with Gasteiger partial charge in [0.15, 0.2) is 0 Å². The summed E-state index contributed by atoms with van der Waals surface area (Å²) < 4.78 is 0.820. The number of nitrogens with one attached hydrogen (secondary N) is 1. The fourth-order valence-electron chi connectivity index (χ4n) is 1.09. The van der Waals surface area contributed by atoms with E-state index in [0.717, 1.165) is 4.47 Å². The topological polar surface area (TPSA) is 37.8 Å². The maximum Gasteiger partial charge on any atom is 0.227 e. The normalized spacial score (nSPS) is 10.2. The highest BCUT2D eigenvalue weighted by molar-refractivity contribution is 9.10. The summed E-state index contributed by atoms with van der Waals surface area (Å²) in [6.07, 6.45) is 3.30. The van der Waals surface area contributed by atoms with Gasteiger partial charge in [-0.25, -0.2) is 9.97 Å². The lowest BCUT2D eigenvalue weighted by atomic mass is 10.3. The van der Waals surface area contributed by atoms with Crippen molar-refractivity contribution in [2.45, 2.75) is 0 Å². The second-order valence-electron chi connectivity index (χ2n) is 2.97. The van der Waals surface area contributed by atoms with Crippen molar-refractivity contribution in [2.24, 2.45) is 0 Å². The molecule has 0 aliphatic rings. The Morgan fingerprint density at radius 2 is 1.81 bits per heavy atom. The van der Waals surface area contributed by atoms with Gasteiger partial charge < -0.3 is 5.32 Å². The molecule has 16 heavy (non-hydrogen) atoms. The van der Waals surface area contributed by atoms with Crippen LogP contribution >= 0.6 is 39.1 Å². The summed E-state index contributed by atoms with van der Waals surface area (Å²) >= 11 is 15.0. The van der Waals surface area contributed by atoms with Crippen molar-refractivity contribution in [3.05, 3.63) is 45.1 Å². The average Bonchev–Trinajstić information content (AvgIpc) is 2.25. The zero-order valence-electron chi connectivity index (χ0n) is 7.92. The van der Waals surface area contributed by atoms with Crippen molar-refractivity contribution >= 4 is 50.8 Å². The molecule has 82 valence electrons. The Balaban J connectivity index is 2.23. The van der Waals surface area contributed by atoms with E-state index in [1.807, 2.05) is 0 Å². The molecule has 1 N–H and O–H groups in total. The van der Waals surface area contributed by atoms with E-state index in [4.69, 9.17) is 23.2 Å². The molecule has 1 aromatic carbocycles. The Morgan fingerprint density at radius 1 is 1.12 bits per heavy atom. The Kier molecular flexibility index (Phi) is 3.63. The summed E-state index contributed by atoms with van der Waals surface area (Å²) in [5.41, 5.74) is 0.716. The number of hydrogen-bond donors (Lipinski definition) is 1. The lowest BCUT2D eigenvalue weighted by Crippen LogP contribution is -1.96. The number of aromatic nitrogens is 2. The van der Waals surface area contributed by atoms with Crippen LogP contribution < -0.4 is 5.32 Å². The van der Waals surface area contributed by atoms with Crippen molar-refractivity contribution in [1.82, 2.24) is 9.97 Å². The number of halogens is 3. The summed E-state index contributed by atoms with van der Waals surface area (Å²) in [4.78, 5) is 8.15. The van der Waals surface area contributed by atoms with Crippen LogP contribution in [0.1, 0.15) is 0 Å². The van der Waals surface area contributed by atoms with Gasteiger partial charge in [-0.15, -0.1) is 0 Å². The standard InChI is InChI=1S/C10H6BrCl2N3/c11-6-4-14-10(15-5-6)16-9-2-1-7(12)3-8(9)13/h1-5H,(H,14,15,16). The third kappa shape index (κ3) is 2.84. The molecule has 0 spiro atoms. The molecule has 0 unspecified atom stereocenters. The van der Waals surface area contributed by atoms with E-state index in [1.165, 1.54) is 0 Å². The zero-order chi connectivity index (χ0) is 11.5. The van der Waals surface area contributed by atoms with Crippen LogP contribution in [0.4, 0.5) is 11.6 Å².